The summed E-state index contributed by atoms with van der Waals surface area (Å²) in [6.45, 7) is 3.68. The van der Waals surface area contributed by atoms with Crippen LogP contribution in [0.15, 0.2) is 0 Å². The highest BCUT2D eigenvalue weighted by Gasteiger charge is 2.21. The number of nitrogens with one attached hydrogen (secondary N) is 1. The third-order valence-electron chi connectivity index (χ3n) is 4.25. The fourth-order valence-corrected chi connectivity index (χ4v) is 2.79. The van der Waals surface area contributed by atoms with E-state index < -0.39 is 0 Å². The Balaban J connectivity index is 1.47. The lowest BCUT2D eigenvalue weighted by Gasteiger charge is -2.34. The zero-order valence-electron chi connectivity index (χ0n) is 10.2. The molecule has 0 spiro atoms. The van der Waals surface area contributed by atoms with E-state index in [4.69, 9.17) is 0 Å². The molecule has 2 fully saturated rings. The molecule has 0 saturated heterocycles. The monoisotopic (exact) mass is 210 g/mol. The Labute approximate surface area is 94.4 Å². The molecule has 0 atom stereocenters. The molecule has 2 aliphatic carbocycles. The van der Waals surface area contributed by atoms with Crippen molar-refractivity contribution in [2.24, 2.45) is 5.92 Å². The van der Waals surface area contributed by atoms with Gasteiger partial charge in [-0.15, -0.1) is 0 Å². The molecule has 0 aromatic carbocycles. The first-order chi connectivity index (χ1) is 7.36. The van der Waals surface area contributed by atoms with Gasteiger partial charge in [0.05, 0.1) is 0 Å². The first kappa shape index (κ1) is 11.4. The van der Waals surface area contributed by atoms with Crippen LogP contribution in [0.1, 0.15) is 44.9 Å². The first-order valence-corrected chi connectivity index (χ1v) is 6.77. The van der Waals surface area contributed by atoms with Crippen LogP contribution >= 0.6 is 0 Å². The zero-order valence-corrected chi connectivity index (χ0v) is 10.2. The van der Waals surface area contributed by atoms with Gasteiger partial charge in [0.1, 0.15) is 0 Å². The summed E-state index contributed by atoms with van der Waals surface area (Å²) in [5, 5.41) is 3.62. The predicted octanol–water partition coefficient (Wildman–Crippen LogP) is 2.25. The van der Waals surface area contributed by atoms with E-state index in [0.717, 1.165) is 12.0 Å². The Morgan fingerprint density at radius 2 is 1.80 bits per heavy atom. The third-order valence-corrected chi connectivity index (χ3v) is 4.25. The number of hydrogen-bond acceptors (Lipinski definition) is 2. The molecule has 0 amide bonds. The molecule has 2 nitrogen and oxygen atoms in total. The Morgan fingerprint density at radius 1 is 1.07 bits per heavy atom. The SMILES string of the molecule is CN(CCNCC1CCCC1)C1CCC1. The molecule has 0 aromatic rings. The predicted molar refractivity (Wildman–Crippen MR) is 65.1 cm³/mol. The van der Waals surface area contributed by atoms with Crippen LogP contribution in [-0.2, 0) is 0 Å². The lowest BCUT2D eigenvalue weighted by molar-refractivity contribution is 0.160. The number of likely N-dealkylation sites (N-methyl/N-ethyl adjacent to an activating group) is 1. The van der Waals surface area contributed by atoms with E-state index in [1.807, 2.05) is 0 Å². The van der Waals surface area contributed by atoms with Gasteiger partial charge in [0.15, 0.2) is 0 Å². The van der Waals surface area contributed by atoms with E-state index in [0.29, 0.717) is 0 Å². The van der Waals surface area contributed by atoms with Crippen molar-refractivity contribution in [3.05, 3.63) is 0 Å². The van der Waals surface area contributed by atoms with Crippen molar-refractivity contribution in [2.75, 3.05) is 26.7 Å². The lowest BCUT2D eigenvalue weighted by Crippen LogP contribution is -2.41. The molecule has 0 radical (unpaired) electrons. The van der Waals surface area contributed by atoms with Gasteiger partial charge in [-0.25, -0.2) is 0 Å². The summed E-state index contributed by atoms with van der Waals surface area (Å²) in [5.41, 5.74) is 0. The molecular formula is C13H26N2. The molecule has 0 bridgehead atoms. The maximum absolute atomic E-state index is 3.62. The molecule has 15 heavy (non-hydrogen) atoms. The highest BCUT2D eigenvalue weighted by Crippen LogP contribution is 2.24. The molecule has 2 aliphatic rings. The van der Waals surface area contributed by atoms with Gasteiger partial charge >= 0.3 is 0 Å². The van der Waals surface area contributed by atoms with E-state index in [1.165, 1.54) is 64.6 Å². The van der Waals surface area contributed by atoms with Crippen LogP contribution in [0.5, 0.6) is 0 Å². The topological polar surface area (TPSA) is 15.3 Å². The first-order valence-electron chi connectivity index (χ1n) is 6.77. The Hall–Kier alpha value is -0.0800. The van der Waals surface area contributed by atoms with Gasteiger partial charge in [-0.2, -0.15) is 0 Å². The molecule has 2 saturated carbocycles. The average Bonchev–Trinajstić information content (AvgIpc) is 2.62. The summed E-state index contributed by atoms with van der Waals surface area (Å²) >= 11 is 0. The minimum absolute atomic E-state index is 0.901. The molecule has 2 rings (SSSR count). The van der Waals surface area contributed by atoms with E-state index in [9.17, 15) is 0 Å². The van der Waals surface area contributed by atoms with Gasteiger partial charge in [-0.05, 0) is 45.2 Å². The number of hydrogen-bond donors (Lipinski definition) is 1. The van der Waals surface area contributed by atoms with Crippen LogP contribution in [0.2, 0.25) is 0 Å². The van der Waals surface area contributed by atoms with E-state index in [1.54, 1.807) is 0 Å². The fraction of sp³-hybridized carbons (Fsp3) is 1.00. The Bertz CT molecular complexity index is 171. The molecule has 0 aliphatic heterocycles. The van der Waals surface area contributed by atoms with Gasteiger partial charge in [-0.3, -0.25) is 0 Å². The Morgan fingerprint density at radius 3 is 2.40 bits per heavy atom. The highest BCUT2D eigenvalue weighted by atomic mass is 15.1. The fourth-order valence-electron chi connectivity index (χ4n) is 2.79. The average molecular weight is 210 g/mol. The van der Waals surface area contributed by atoms with Crippen molar-refractivity contribution < 1.29 is 0 Å². The van der Waals surface area contributed by atoms with Gasteiger partial charge in [0, 0.05) is 19.1 Å². The molecule has 0 heterocycles. The van der Waals surface area contributed by atoms with Crippen molar-refractivity contribution in [2.45, 2.75) is 51.0 Å². The zero-order chi connectivity index (χ0) is 10.5. The van der Waals surface area contributed by atoms with Crippen LogP contribution in [0.25, 0.3) is 0 Å². The second-order valence-corrected chi connectivity index (χ2v) is 5.42. The van der Waals surface area contributed by atoms with Crippen LogP contribution in [-0.4, -0.2) is 37.6 Å². The minimum atomic E-state index is 0.901. The van der Waals surface area contributed by atoms with Gasteiger partial charge in [-0.1, -0.05) is 19.3 Å². The van der Waals surface area contributed by atoms with Crippen molar-refractivity contribution in [1.29, 1.82) is 0 Å². The lowest BCUT2D eigenvalue weighted by atomic mass is 9.92. The molecule has 88 valence electrons. The van der Waals surface area contributed by atoms with Crippen molar-refractivity contribution in [1.82, 2.24) is 10.2 Å². The van der Waals surface area contributed by atoms with Gasteiger partial charge in [0.2, 0.25) is 0 Å². The highest BCUT2D eigenvalue weighted by molar-refractivity contribution is 4.78. The Kier molecular flexibility index (Phi) is 4.45. The summed E-state index contributed by atoms with van der Waals surface area (Å²) in [7, 11) is 2.28. The van der Waals surface area contributed by atoms with Gasteiger partial charge in [0.25, 0.3) is 0 Å². The van der Waals surface area contributed by atoms with Crippen molar-refractivity contribution in [3.8, 4) is 0 Å². The van der Waals surface area contributed by atoms with Crippen LogP contribution in [0, 0.1) is 5.92 Å². The summed E-state index contributed by atoms with van der Waals surface area (Å²) in [4.78, 5) is 2.53. The van der Waals surface area contributed by atoms with Crippen molar-refractivity contribution in [3.63, 3.8) is 0 Å². The van der Waals surface area contributed by atoms with Gasteiger partial charge < -0.3 is 10.2 Å². The maximum atomic E-state index is 3.62. The van der Waals surface area contributed by atoms with Crippen molar-refractivity contribution >= 4 is 0 Å². The number of rotatable bonds is 6. The van der Waals surface area contributed by atoms with E-state index in [2.05, 4.69) is 17.3 Å². The quantitative estimate of drug-likeness (QED) is 0.676. The maximum Gasteiger partial charge on any atom is 0.0107 e. The van der Waals surface area contributed by atoms with Crippen LogP contribution < -0.4 is 5.32 Å². The number of nitrogens with zero attached hydrogens (tertiary/aromatic N) is 1. The molecule has 2 heteroatoms. The molecular weight excluding hydrogens is 184 g/mol. The molecule has 0 unspecified atom stereocenters. The summed E-state index contributed by atoms with van der Waals surface area (Å²) < 4.78 is 0. The summed E-state index contributed by atoms with van der Waals surface area (Å²) in [6.07, 6.45) is 10.2. The second-order valence-electron chi connectivity index (χ2n) is 5.42. The standard InChI is InChI=1S/C13H26N2/c1-15(13-7-4-8-13)10-9-14-11-12-5-2-3-6-12/h12-14H,2-11H2,1H3. The smallest absolute Gasteiger partial charge is 0.0107 e. The largest absolute Gasteiger partial charge is 0.315 e. The third kappa shape index (κ3) is 3.46. The molecule has 1 N–H and O–H groups in total. The minimum Gasteiger partial charge on any atom is -0.315 e. The van der Waals surface area contributed by atoms with E-state index in [-0.39, 0.29) is 0 Å². The molecule has 0 aromatic heterocycles. The summed E-state index contributed by atoms with van der Waals surface area (Å²) in [5.74, 6) is 0.985. The second kappa shape index (κ2) is 5.86. The van der Waals surface area contributed by atoms with E-state index >= 15 is 0 Å². The normalized spacial score (nSPS) is 23.6. The summed E-state index contributed by atoms with van der Waals surface area (Å²) in [6, 6.07) is 0.901. The van der Waals surface area contributed by atoms with Crippen LogP contribution in [0.4, 0.5) is 0 Å². The van der Waals surface area contributed by atoms with Crippen LogP contribution in [0.3, 0.4) is 0 Å².